The summed E-state index contributed by atoms with van der Waals surface area (Å²) in [4.78, 5) is 1.28. The highest BCUT2D eigenvalue weighted by Crippen LogP contribution is 2.19. The number of rotatable bonds is 6. The topological polar surface area (TPSA) is 21.3 Å². The second-order valence-electron chi connectivity index (χ2n) is 4.81. The Balaban J connectivity index is 1.62. The minimum Gasteiger partial charge on any atom is -0.492 e. The Kier molecular flexibility index (Phi) is 5.88. The van der Waals surface area contributed by atoms with Crippen molar-refractivity contribution in [3.05, 3.63) is 24.3 Å². The lowest BCUT2D eigenvalue weighted by Crippen LogP contribution is -2.34. The van der Waals surface area contributed by atoms with Crippen LogP contribution in [0.5, 0.6) is 5.75 Å². The summed E-state index contributed by atoms with van der Waals surface area (Å²) < 4.78 is 5.72. The standard InChI is InChI=1S/C15H23NOS/c1-18-15-9-7-14(8-10-15)17-12-11-16-13-5-3-2-4-6-13/h7-10,13,16H,2-6,11-12H2,1H3. The summed E-state index contributed by atoms with van der Waals surface area (Å²) in [5.74, 6) is 0.971. The van der Waals surface area contributed by atoms with Crippen molar-refractivity contribution in [3.63, 3.8) is 0 Å². The van der Waals surface area contributed by atoms with E-state index in [4.69, 9.17) is 4.74 Å². The van der Waals surface area contributed by atoms with E-state index in [0.29, 0.717) is 0 Å². The zero-order valence-electron chi connectivity index (χ0n) is 11.2. The Bertz CT molecular complexity index is 333. The van der Waals surface area contributed by atoms with Gasteiger partial charge in [-0.05, 0) is 43.4 Å². The van der Waals surface area contributed by atoms with Crippen LogP contribution in [-0.2, 0) is 0 Å². The molecule has 3 heteroatoms. The van der Waals surface area contributed by atoms with Gasteiger partial charge in [0.15, 0.2) is 0 Å². The first-order valence-corrected chi connectivity index (χ1v) is 8.11. The van der Waals surface area contributed by atoms with Gasteiger partial charge in [0.2, 0.25) is 0 Å². The first-order valence-electron chi connectivity index (χ1n) is 6.89. The quantitative estimate of drug-likeness (QED) is 0.626. The Morgan fingerprint density at radius 3 is 2.56 bits per heavy atom. The molecule has 0 unspecified atom stereocenters. The van der Waals surface area contributed by atoms with Gasteiger partial charge < -0.3 is 10.1 Å². The van der Waals surface area contributed by atoms with Gasteiger partial charge in [0.25, 0.3) is 0 Å². The molecule has 0 aliphatic heterocycles. The molecule has 100 valence electrons. The second kappa shape index (κ2) is 7.70. The summed E-state index contributed by atoms with van der Waals surface area (Å²) in [5, 5.41) is 3.59. The number of ether oxygens (including phenoxy) is 1. The zero-order valence-corrected chi connectivity index (χ0v) is 12.0. The maximum absolute atomic E-state index is 5.72. The average molecular weight is 265 g/mol. The van der Waals surface area contributed by atoms with Crippen LogP contribution in [0, 0.1) is 0 Å². The number of hydrogen-bond acceptors (Lipinski definition) is 3. The van der Waals surface area contributed by atoms with E-state index >= 15 is 0 Å². The van der Waals surface area contributed by atoms with Gasteiger partial charge >= 0.3 is 0 Å². The summed E-state index contributed by atoms with van der Waals surface area (Å²) in [5.41, 5.74) is 0. The Hall–Kier alpha value is -0.670. The highest BCUT2D eigenvalue weighted by Gasteiger charge is 2.11. The molecule has 1 fully saturated rings. The third-order valence-electron chi connectivity index (χ3n) is 3.47. The normalized spacial score (nSPS) is 16.7. The van der Waals surface area contributed by atoms with Crippen molar-refractivity contribution in [1.29, 1.82) is 0 Å². The van der Waals surface area contributed by atoms with Gasteiger partial charge in [0.1, 0.15) is 12.4 Å². The number of hydrogen-bond donors (Lipinski definition) is 1. The molecule has 0 bridgehead atoms. The summed E-state index contributed by atoms with van der Waals surface area (Å²) >= 11 is 1.76. The minimum absolute atomic E-state index is 0.723. The van der Waals surface area contributed by atoms with E-state index in [2.05, 4.69) is 23.7 Å². The summed E-state index contributed by atoms with van der Waals surface area (Å²) in [6, 6.07) is 9.03. The van der Waals surface area contributed by atoms with Gasteiger partial charge in [-0.1, -0.05) is 19.3 Å². The van der Waals surface area contributed by atoms with Crippen LogP contribution in [0.3, 0.4) is 0 Å². The van der Waals surface area contributed by atoms with Crippen molar-refractivity contribution in [2.75, 3.05) is 19.4 Å². The number of benzene rings is 1. The fourth-order valence-electron chi connectivity index (χ4n) is 2.41. The van der Waals surface area contributed by atoms with Crippen molar-refractivity contribution >= 4 is 11.8 Å². The molecule has 0 radical (unpaired) electrons. The SMILES string of the molecule is CSc1ccc(OCCNC2CCCCC2)cc1. The number of nitrogens with one attached hydrogen (secondary N) is 1. The highest BCUT2D eigenvalue weighted by molar-refractivity contribution is 7.98. The Morgan fingerprint density at radius 2 is 1.89 bits per heavy atom. The molecule has 0 aromatic heterocycles. The molecule has 0 heterocycles. The molecule has 18 heavy (non-hydrogen) atoms. The van der Waals surface area contributed by atoms with E-state index in [1.54, 1.807) is 11.8 Å². The van der Waals surface area contributed by atoms with Crippen LogP contribution in [-0.4, -0.2) is 25.4 Å². The Morgan fingerprint density at radius 1 is 1.17 bits per heavy atom. The van der Waals surface area contributed by atoms with E-state index in [9.17, 15) is 0 Å². The van der Waals surface area contributed by atoms with Gasteiger partial charge in [0.05, 0.1) is 0 Å². The van der Waals surface area contributed by atoms with E-state index in [-0.39, 0.29) is 0 Å². The molecule has 1 aromatic rings. The van der Waals surface area contributed by atoms with Crippen molar-refractivity contribution in [2.24, 2.45) is 0 Å². The van der Waals surface area contributed by atoms with E-state index in [0.717, 1.165) is 24.9 Å². The van der Waals surface area contributed by atoms with Crippen molar-refractivity contribution in [2.45, 2.75) is 43.0 Å². The molecule has 2 nitrogen and oxygen atoms in total. The van der Waals surface area contributed by atoms with Gasteiger partial charge in [-0.2, -0.15) is 0 Å². The van der Waals surface area contributed by atoms with Crippen LogP contribution >= 0.6 is 11.8 Å². The lowest BCUT2D eigenvalue weighted by molar-refractivity contribution is 0.289. The molecule has 1 N–H and O–H groups in total. The monoisotopic (exact) mass is 265 g/mol. The van der Waals surface area contributed by atoms with E-state index in [1.165, 1.54) is 37.0 Å². The summed E-state index contributed by atoms with van der Waals surface area (Å²) in [6.07, 6.45) is 8.94. The second-order valence-corrected chi connectivity index (χ2v) is 5.69. The molecule has 0 atom stereocenters. The van der Waals surface area contributed by atoms with Gasteiger partial charge in [0, 0.05) is 17.5 Å². The van der Waals surface area contributed by atoms with Gasteiger partial charge in [-0.25, -0.2) is 0 Å². The molecule has 1 aliphatic carbocycles. The predicted molar refractivity (Wildman–Crippen MR) is 78.6 cm³/mol. The fraction of sp³-hybridized carbons (Fsp3) is 0.600. The molecule has 1 aromatic carbocycles. The van der Waals surface area contributed by atoms with Crippen molar-refractivity contribution < 1.29 is 4.74 Å². The number of thioether (sulfide) groups is 1. The molecule has 1 saturated carbocycles. The zero-order chi connectivity index (χ0) is 12.6. The van der Waals surface area contributed by atoms with Crippen LogP contribution < -0.4 is 10.1 Å². The lowest BCUT2D eigenvalue weighted by atomic mass is 9.96. The van der Waals surface area contributed by atoms with Gasteiger partial charge in [-0.15, -0.1) is 11.8 Å². The lowest BCUT2D eigenvalue weighted by Gasteiger charge is -2.22. The van der Waals surface area contributed by atoms with Crippen molar-refractivity contribution in [3.8, 4) is 5.75 Å². The summed E-state index contributed by atoms with van der Waals surface area (Å²) in [7, 11) is 0. The van der Waals surface area contributed by atoms with Gasteiger partial charge in [-0.3, -0.25) is 0 Å². The minimum atomic E-state index is 0.723. The molecule has 0 amide bonds. The third-order valence-corrected chi connectivity index (χ3v) is 4.21. The van der Waals surface area contributed by atoms with Crippen LogP contribution in [0.2, 0.25) is 0 Å². The van der Waals surface area contributed by atoms with Crippen LogP contribution in [0.4, 0.5) is 0 Å². The third kappa shape index (κ3) is 4.54. The predicted octanol–water partition coefficient (Wildman–Crippen LogP) is 3.71. The maximum Gasteiger partial charge on any atom is 0.119 e. The van der Waals surface area contributed by atoms with Crippen LogP contribution in [0.1, 0.15) is 32.1 Å². The molecule has 0 saturated heterocycles. The molecular formula is C15H23NOS. The smallest absolute Gasteiger partial charge is 0.119 e. The molecule has 0 spiro atoms. The fourth-order valence-corrected chi connectivity index (χ4v) is 2.82. The molecule has 2 rings (SSSR count). The van der Waals surface area contributed by atoms with E-state index in [1.807, 2.05) is 12.1 Å². The Labute approximate surface area is 114 Å². The van der Waals surface area contributed by atoms with Crippen LogP contribution in [0.25, 0.3) is 0 Å². The first-order chi connectivity index (χ1) is 8.88. The molecular weight excluding hydrogens is 242 g/mol. The highest BCUT2D eigenvalue weighted by atomic mass is 32.2. The summed E-state index contributed by atoms with van der Waals surface area (Å²) in [6.45, 7) is 1.71. The van der Waals surface area contributed by atoms with E-state index < -0.39 is 0 Å². The van der Waals surface area contributed by atoms with Crippen LogP contribution in [0.15, 0.2) is 29.2 Å². The largest absolute Gasteiger partial charge is 0.492 e. The maximum atomic E-state index is 5.72. The van der Waals surface area contributed by atoms with Crippen molar-refractivity contribution in [1.82, 2.24) is 5.32 Å². The average Bonchev–Trinajstić information content (AvgIpc) is 2.45. The first kappa shape index (κ1) is 13.8. The molecule has 1 aliphatic rings.